The molecule has 4 nitrogen and oxygen atoms in total. The molecule has 0 saturated heterocycles. The van der Waals surface area contributed by atoms with Gasteiger partial charge in [0, 0.05) is 30.2 Å². The van der Waals surface area contributed by atoms with Crippen molar-refractivity contribution in [1.82, 2.24) is 4.98 Å². The van der Waals surface area contributed by atoms with Crippen LogP contribution in [0.5, 0.6) is 0 Å². The molecule has 0 fully saturated rings. The van der Waals surface area contributed by atoms with E-state index in [9.17, 15) is 9.18 Å². The van der Waals surface area contributed by atoms with E-state index in [0.717, 1.165) is 11.1 Å². The van der Waals surface area contributed by atoms with Crippen molar-refractivity contribution >= 4 is 22.5 Å². The van der Waals surface area contributed by atoms with E-state index in [1.165, 1.54) is 12.1 Å². The van der Waals surface area contributed by atoms with Crippen LogP contribution in [0.1, 0.15) is 10.5 Å². The fourth-order valence-corrected chi connectivity index (χ4v) is 2.50. The normalized spacial score (nSPS) is 10.9. The van der Waals surface area contributed by atoms with Gasteiger partial charge in [-0.15, -0.1) is 0 Å². The number of ether oxygens (including phenoxy) is 1. The molecule has 0 unspecified atom stereocenters. The van der Waals surface area contributed by atoms with Gasteiger partial charge in [-0.3, -0.25) is 4.79 Å². The molecule has 118 valence electrons. The molecule has 23 heavy (non-hydrogen) atoms. The number of para-hydroxylation sites is 1. The van der Waals surface area contributed by atoms with Crippen LogP contribution in [0.25, 0.3) is 10.9 Å². The zero-order valence-electron chi connectivity index (χ0n) is 12.8. The number of nitrogens with zero attached hydrogens (tertiary/aromatic N) is 1. The van der Waals surface area contributed by atoms with Gasteiger partial charge in [0.15, 0.2) is 0 Å². The van der Waals surface area contributed by atoms with Gasteiger partial charge in [0.25, 0.3) is 5.91 Å². The highest BCUT2D eigenvalue weighted by Crippen LogP contribution is 2.21. The van der Waals surface area contributed by atoms with Crippen molar-refractivity contribution in [2.24, 2.45) is 0 Å². The monoisotopic (exact) mass is 312 g/mol. The third-order valence-electron chi connectivity index (χ3n) is 3.65. The van der Waals surface area contributed by atoms with Crippen molar-refractivity contribution in [3.05, 3.63) is 66.1 Å². The summed E-state index contributed by atoms with van der Waals surface area (Å²) in [5.41, 5.74) is 1.82. The van der Waals surface area contributed by atoms with Crippen LogP contribution in [0.2, 0.25) is 0 Å². The number of hydrogen-bond donors (Lipinski definition) is 1. The third kappa shape index (κ3) is 3.24. The third-order valence-corrected chi connectivity index (χ3v) is 3.65. The second-order valence-corrected chi connectivity index (χ2v) is 5.20. The van der Waals surface area contributed by atoms with E-state index < -0.39 is 0 Å². The lowest BCUT2D eigenvalue weighted by Gasteiger charge is -2.21. The van der Waals surface area contributed by atoms with Crippen LogP contribution in [0.3, 0.4) is 0 Å². The second kappa shape index (κ2) is 6.62. The Morgan fingerprint density at radius 1 is 1.17 bits per heavy atom. The number of carbonyl (C=O) groups is 1. The molecule has 1 heterocycles. The van der Waals surface area contributed by atoms with Crippen LogP contribution >= 0.6 is 0 Å². The largest absolute Gasteiger partial charge is 0.383 e. The van der Waals surface area contributed by atoms with Crippen LogP contribution in [0, 0.1) is 5.82 Å². The lowest BCUT2D eigenvalue weighted by Crippen LogP contribution is -2.34. The highest BCUT2D eigenvalue weighted by atomic mass is 19.1. The molecule has 0 aliphatic carbocycles. The number of amides is 1. The first-order chi connectivity index (χ1) is 11.2. The Bertz CT molecular complexity index is 814. The molecule has 0 aliphatic heterocycles. The summed E-state index contributed by atoms with van der Waals surface area (Å²) in [7, 11) is 1.60. The van der Waals surface area contributed by atoms with Crippen molar-refractivity contribution in [1.29, 1.82) is 0 Å². The van der Waals surface area contributed by atoms with E-state index in [1.54, 1.807) is 24.1 Å². The smallest absolute Gasteiger partial charge is 0.274 e. The first-order valence-corrected chi connectivity index (χ1v) is 7.33. The van der Waals surface area contributed by atoms with Crippen molar-refractivity contribution in [3.8, 4) is 0 Å². The molecule has 3 aromatic rings. The van der Waals surface area contributed by atoms with Crippen LogP contribution in [0.4, 0.5) is 10.1 Å². The molecule has 1 amide bonds. The predicted molar refractivity (Wildman–Crippen MR) is 88.3 cm³/mol. The van der Waals surface area contributed by atoms with E-state index in [1.807, 2.05) is 30.3 Å². The Balaban J connectivity index is 1.95. The maximum absolute atomic E-state index is 13.3. The number of halogens is 1. The van der Waals surface area contributed by atoms with E-state index in [0.29, 0.717) is 24.4 Å². The van der Waals surface area contributed by atoms with Crippen LogP contribution in [-0.4, -0.2) is 31.2 Å². The molecule has 3 rings (SSSR count). The summed E-state index contributed by atoms with van der Waals surface area (Å²) in [4.78, 5) is 17.5. The molecule has 0 aliphatic rings. The van der Waals surface area contributed by atoms with E-state index in [4.69, 9.17) is 4.74 Å². The lowest BCUT2D eigenvalue weighted by atomic mass is 10.2. The fourth-order valence-electron chi connectivity index (χ4n) is 2.50. The summed E-state index contributed by atoms with van der Waals surface area (Å²) < 4.78 is 18.4. The number of H-pyrrole nitrogens is 1. The van der Waals surface area contributed by atoms with Gasteiger partial charge in [0.05, 0.1) is 6.61 Å². The number of aromatic nitrogens is 1. The van der Waals surface area contributed by atoms with Gasteiger partial charge in [-0.1, -0.05) is 18.2 Å². The average Bonchev–Trinajstić information content (AvgIpc) is 2.99. The molecule has 1 N–H and O–H groups in total. The summed E-state index contributed by atoms with van der Waals surface area (Å²) in [6, 6.07) is 15.5. The van der Waals surface area contributed by atoms with Crippen molar-refractivity contribution in [2.45, 2.75) is 0 Å². The van der Waals surface area contributed by atoms with Gasteiger partial charge in [-0.05, 0) is 36.4 Å². The molecule has 0 atom stereocenters. The molecule has 2 aromatic carbocycles. The Hall–Kier alpha value is -2.66. The molecule has 0 spiro atoms. The van der Waals surface area contributed by atoms with E-state index in [-0.39, 0.29) is 11.7 Å². The SMILES string of the molecule is COCCN(C(=O)c1cc2ccc(F)cc2[nH]1)c1ccccc1. The average molecular weight is 312 g/mol. The number of fused-ring (bicyclic) bond motifs is 1. The molecule has 1 aromatic heterocycles. The number of hydrogen-bond acceptors (Lipinski definition) is 2. The van der Waals surface area contributed by atoms with Crippen molar-refractivity contribution in [2.75, 3.05) is 25.2 Å². The molecule has 0 bridgehead atoms. The minimum absolute atomic E-state index is 0.176. The van der Waals surface area contributed by atoms with E-state index in [2.05, 4.69) is 4.98 Å². The maximum Gasteiger partial charge on any atom is 0.274 e. The zero-order chi connectivity index (χ0) is 16.2. The maximum atomic E-state index is 13.3. The molecule has 0 radical (unpaired) electrons. The number of carbonyl (C=O) groups excluding carboxylic acids is 1. The lowest BCUT2D eigenvalue weighted by molar-refractivity contribution is 0.0972. The number of rotatable bonds is 5. The minimum Gasteiger partial charge on any atom is -0.383 e. The second-order valence-electron chi connectivity index (χ2n) is 5.20. The summed E-state index contributed by atoms with van der Waals surface area (Å²) in [6.45, 7) is 0.860. The van der Waals surface area contributed by atoms with Gasteiger partial charge >= 0.3 is 0 Å². The van der Waals surface area contributed by atoms with Crippen LogP contribution in [-0.2, 0) is 4.74 Å². The minimum atomic E-state index is -0.336. The topological polar surface area (TPSA) is 45.3 Å². The zero-order valence-corrected chi connectivity index (χ0v) is 12.8. The van der Waals surface area contributed by atoms with Crippen molar-refractivity contribution in [3.63, 3.8) is 0 Å². The Morgan fingerprint density at radius 2 is 1.96 bits per heavy atom. The first kappa shape index (κ1) is 15.2. The highest BCUT2D eigenvalue weighted by Gasteiger charge is 2.19. The highest BCUT2D eigenvalue weighted by molar-refractivity contribution is 6.07. The Morgan fingerprint density at radius 3 is 2.70 bits per heavy atom. The summed E-state index contributed by atoms with van der Waals surface area (Å²) >= 11 is 0. The van der Waals surface area contributed by atoms with Gasteiger partial charge in [-0.2, -0.15) is 0 Å². The quantitative estimate of drug-likeness (QED) is 0.782. The summed E-state index contributed by atoms with van der Waals surface area (Å²) in [5.74, 6) is -0.512. The number of methoxy groups -OCH3 is 1. The van der Waals surface area contributed by atoms with Gasteiger partial charge in [0.2, 0.25) is 0 Å². The number of benzene rings is 2. The Labute approximate surface area is 133 Å². The fraction of sp³-hybridized carbons (Fsp3) is 0.167. The molecule has 5 heteroatoms. The van der Waals surface area contributed by atoms with Gasteiger partial charge in [0.1, 0.15) is 11.5 Å². The number of anilines is 1. The van der Waals surface area contributed by atoms with Crippen molar-refractivity contribution < 1.29 is 13.9 Å². The molecule has 0 saturated carbocycles. The van der Waals surface area contributed by atoms with Gasteiger partial charge in [-0.25, -0.2) is 4.39 Å². The predicted octanol–water partition coefficient (Wildman–Crippen LogP) is 3.60. The Kier molecular flexibility index (Phi) is 4.39. The number of nitrogens with one attached hydrogen (secondary N) is 1. The summed E-state index contributed by atoms with van der Waals surface area (Å²) in [6.07, 6.45) is 0. The van der Waals surface area contributed by atoms with Crippen LogP contribution in [0.15, 0.2) is 54.6 Å². The van der Waals surface area contributed by atoms with Crippen LogP contribution < -0.4 is 4.90 Å². The molecular formula is C18H17FN2O2. The standard InChI is InChI=1S/C18H17FN2O2/c1-23-10-9-21(15-5-3-2-4-6-15)18(22)17-11-13-7-8-14(19)12-16(13)20-17/h2-8,11-12,20H,9-10H2,1H3. The number of aromatic amines is 1. The first-order valence-electron chi connectivity index (χ1n) is 7.33. The van der Waals surface area contributed by atoms with E-state index >= 15 is 0 Å². The molecular weight excluding hydrogens is 295 g/mol. The summed E-state index contributed by atoms with van der Waals surface area (Å²) in [5, 5.41) is 0.800. The van der Waals surface area contributed by atoms with Gasteiger partial charge < -0.3 is 14.6 Å².